The Hall–Kier alpha value is -0.900. The second-order valence-corrected chi connectivity index (χ2v) is 5.24. The van der Waals surface area contributed by atoms with Gasteiger partial charge in [0, 0.05) is 17.9 Å². The molecule has 1 atom stereocenters. The predicted molar refractivity (Wildman–Crippen MR) is 64.5 cm³/mol. The van der Waals surface area contributed by atoms with Crippen LogP contribution >= 0.6 is 0 Å². The fourth-order valence-electron chi connectivity index (χ4n) is 1.55. The minimum atomic E-state index is -0.0400. The molecular weight excluding hydrogens is 202 g/mol. The largest absolute Gasteiger partial charge is 0.339 e. The summed E-state index contributed by atoms with van der Waals surface area (Å²) in [6, 6.07) is 0.429. The van der Waals surface area contributed by atoms with Crippen LogP contribution in [-0.4, -0.2) is 23.2 Å². The Morgan fingerprint density at radius 2 is 2.06 bits per heavy atom. The summed E-state index contributed by atoms with van der Waals surface area (Å²) < 4.78 is 5.27. The molecule has 0 aliphatic carbocycles. The van der Waals surface area contributed by atoms with Crippen LogP contribution in [0.25, 0.3) is 0 Å². The fraction of sp³-hybridized carbons (Fsp3) is 0.833. The van der Waals surface area contributed by atoms with Crippen molar-refractivity contribution in [2.45, 2.75) is 58.4 Å². The number of aromatic nitrogens is 2. The van der Waals surface area contributed by atoms with Gasteiger partial charge < -0.3 is 9.84 Å². The highest BCUT2D eigenvalue weighted by Crippen LogP contribution is 2.19. The molecular formula is C12H23N3O. The SMILES string of the molecule is CCCC(Cc1nc(C(C)(C)C)no1)NC. The first-order valence-corrected chi connectivity index (χ1v) is 5.97. The molecule has 0 aliphatic rings. The predicted octanol–water partition coefficient (Wildman–Crippen LogP) is 2.30. The van der Waals surface area contributed by atoms with Crippen molar-refractivity contribution < 1.29 is 4.52 Å². The smallest absolute Gasteiger partial charge is 0.228 e. The van der Waals surface area contributed by atoms with Gasteiger partial charge >= 0.3 is 0 Å². The van der Waals surface area contributed by atoms with Crippen molar-refractivity contribution in [3.63, 3.8) is 0 Å². The number of rotatable bonds is 5. The minimum absolute atomic E-state index is 0.0400. The molecule has 1 aromatic rings. The van der Waals surface area contributed by atoms with E-state index in [1.807, 2.05) is 7.05 Å². The summed E-state index contributed by atoms with van der Waals surface area (Å²) in [5.41, 5.74) is -0.0400. The first-order chi connectivity index (χ1) is 7.47. The van der Waals surface area contributed by atoms with E-state index >= 15 is 0 Å². The topological polar surface area (TPSA) is 51.0 Å². The molecule has 4 heteroatoms. The van der Waals surface area contributed by atoms with E-state index in [2.05, 4.69) is 43.2 Å². The highest BCUT2D eigenvalue weighted by molar-refractivity contribution is 5.00. The Kier molecular flexibility index (Phi) is 4.47. The Labute approximate surface area is 97.8 Å². The van der Waals surface area contributed by atoms with Crippen molar-refractivity contribution in [3.8, 4) is 0 Å². The average Bonchev–Trinajstić information content (AvgIpc) is 2.65. The van der Waals surface area contributed by atoms with Gasteiger partial charge in [0.2, 0.25) is 5.89 Å². The second-order valence-electron chi connectivity index (χ2n) is 5.24. The van der Waals surface area contributed by atoms with Crippen LogP contribution in [0.3, 0.4) is 0 Å². The van der Waals surface area contributed by atoms with Crippen molar-refractivity contribution in [2.24, 2.45) is 0 Å². The number of hydrogen-bond donors (Lipinski definition) is 1. The van der Waals surface area contributed by atoms with Crippen LogP contribution in [-0.2, 0) is 11.8 Å². The van der Waals surface area contributed by atoms with Crippen LogP contribution in [0.4, 0.5) is 0 Å². The summed E-state index contributed by atoms with van der Waals surface area (Å²) in [5, 5.41) is 7.29. The molecule has 0 aliphatic heterocycles. The normalized spacial score (nSPS) is 14.1. The molecule has 1 aromatic heterocycles. The van der Waals surface area contributed by atoms with E-state index in [0.29, 0.717) is 6.04 Å². The Balaban J connectivity index is 2.64. The van der Waals surface area contributed by atoms with Crippen molar-refractivity contribution in [2.75, 3.05) is 7.05 Å². The minimum Gasteiger partial charge on any atom is -0.339 e. The molecule has 0 amide bonds. The third kappa shape index (κ3) is 3.59. The maximum atomic E-state index is 5.27. The molecule has 4 nitrogen and oxygen atoms in total. The maximum absolute atomic E-state index is 5.27. The molecule has 0 saturated carbocycles. The zero-order chi connectivity index (χ0) is 12.2. The lowest BCUT2D eigenvalue weighted by molar-refractivity contribution is 0.345. The van der Waals surface area contributed by atoms with Crippen LogP contribution in [0.1, 0.15) is 52.3 Å². The molecule has 0 fully saturated rings. The molecule has 0 aromatic carbocycles. The third-order valence-corrected chi connectivity index (χ3v) is 2.61. The van der Waals surface area contributed by atoms with Crippen LogP contribution in [0.15, 0.2) is 4.52 Å². The van der Waals surface area contributed by atoms with Gasteiger partial charge in [0.05, 0.1) is 0 Å². The maximum Gasteiger partial charge on any atom is 0.228 e. The van der Waals surface area contributed by atoms with Crippen LogP contribution < -0.4 is 5.32 Å². The van der Waals surface area contributed by atoms with E-state index in [0.717, 1.165) is 31.0 Å². The van der Waals surface area contributed by atoms with Crippen molar-refractivity contribution >= 4 is 0 Å². The molecule has 1 rings (SSSR count). The van der Waals surface area contributed by atoms with Gasteiger partial charge in [-0.05, 0) is 13.5 Å². The lowest BCUT2D eigenvalue weighted by Gasteiger charge is -2.12. The average molecular weight is 225 g/mol. The van der Waals surface area contributed by atoms with Gasteiger partial charge in [0.1, 0.15) is 0 Å². The molecule has 1 N–H and O–H groups in total. The molecule has 0 saturated heterocycles. The Bertz CT molecular complexity index is 314. The van der Waals surface area contributed by atoms with Gasteiger partial charge in [-0.3, -0.25) is 0 Å². The van der Waals surface area contributed by atoms with Gasteiger partial charge in [0.15, 0.2) is 5.82 Å². The number of nitrogens with one attached hydrogen (secondary N) is 1. The monoisotopic (exact) mass is 225 g/mol. The van der Waals surface area contributed by atoms with Crippen LogP contribution in [0, 0.1) is 0 Å². The molecule has 0 bridgehead atoms. The zero-order valence-electron chi connectivity index (χ0n) is 11.0. The number of likely N-dealkylation sites (N-methyl/N-ethyl adjacent to an activating group) is 1. The summed E-state index contributed by atoms with van der Waals surface area (Å²) >= 11 is 0. The lowest BCUT2D eigenvalue weighted by Crippen LogP contribution is -2.27. The zero-order valence-corrected chi connectivity index (χ0v) is 11.0. The first kappa shape index (κ1) is 13.2. The third-order valence-electron chi connectivity index (χ3n) is 2.61. The highest BCUT2D eigenvalue weighted by Gasteiger charge is 2.21. The van der Waals surface area contributed by atoms with Gasteiger partial charge in [-0.25, -0.2) is 0 Å². The van der Waals surface area contributed by atoms with E-state index in [4.69, 9.17) is 4.52 Å². The molecule has 1 unspecified atom stereocenters. The standard InChI is InChI=1S/C12H23N3O/c1-6-7-9(13-5)8-10-14-11(15-16-10)12(2,3)4/h9,13H,6-8H2,1-5H3. The van der Waals surface area contributed by atoms with Crippen LogP contribution in [0.5, 0.6) is 0 Å². The quantitative estimate of drug-likeness (QED) is 0.835. The molecule has 0 spiro atoms. The molecule has 16 heavy (non-hydrogen) atoms. The van der Waals surface area contributed by atoms with Crippen LogP contribution in [0.2, 0.25) is 0 Å². The lowest BCUT2D eigenvalue weighted by atomic mass is 9.96. The van der Waals surface area contributed by atoms with Gasteiger partial charge in [-0.1, -0.05) is 39.3 Å². The molecule has 1 heterocycles. The summed E-state index contributed by atoms with van der Waals surface area (Å²) in [4.78, 5) is 4.43. The molecule has 0 radical (unpaired) electrons. The van der Waals surface area contributed by atoms with Gasteiger partial charge in [-0.15, -0.1) is 0 Å². The molecule has 92 valence electrons. The van der Waals surface area contributed by atoms with Crippen molar-refractivity contribution in [1.29, 1.82) is 0 Å². The Morgan fingerprint density at radius 1 is 1.38 bits per heavy atom. The number of hydrogen-bond acceptors (Lipinski definition) is 4. The number of nitrogens with zero attached hydrogens (tertiary/aromatic N) is 2. The highest BCUT2D eigenvalue weighted by atomic mass is 16.5. The van der Waals surface area contributed by atoms with Crippen molar-refractivity contribution in [3.05, 3.63) is 11.7 Å². The first-order valence-electron chi connectivity index (χ1n) is 5.97. The van der Waals surface area contributed by atoms with Gasteiger partial charge in [0.25, 0.3) is 0 Å². The fourth-order valence-corrected chi connectivity index (χ4v) is 1.55. The van der Waals surface area contributed by atoms with E-state index < -0.39 is 0 Å². The summed E-state index contributed by atoms with van der Waals surface area (Å²) in [6.45, 7) is 8.44. The van der Waals surface area contributed by atoms with Gasteiger partial charge in [-0.2, -0.15) is 4.98 Å². The van der Waals surface area contributed by atoms with E-state index in [1.54, 1.807) is 0 Å². The Morgan fingerprint density at radius 3 is 2.50 bits per heavy atom. The second kappa shape index (κ2) is 5.43. The summed E-state index contributed by atoms with van der Waals surface area (Å²) in [7, 11) is 1.97. The van der Waals surface area contributed by atoms with Crippen molar-refractivity contribution in [1.82, 2.24) is 15.5 Å². The van der Waals surface area contributed by atoms with E-state index in [-0.39, 0.29) is 5.41 Å². The van der Waals surface area contributed by atoms with E-state index in [1.165, 1.54) is 0 Å². The van der Waals surface area contributed by atoms with E-state index in [9.17, 15) is 0 Å². The summed E-state index contributed by atoms with van der Waals surface area (Å²) in [6.07, 6.45) is 3.10. The summed E-state index contributed by atoms with van der Waals surface area (Å²) in [5.74, 6) is 1.52.